The molecular formula is C49H32N4O. The Bertz CT molecular complexity index is 2860. The number of anilines is 3. The van der Waals surface area contributed by atoms with Crippen LogP contribution in [0.5, 0.6) is 0 Å². The summed E-state index contributed by atoms with van der Waals surface area (Å²) in [6, 6.07) is 67.0. The molecule has 2 heterocycles. The largest absolute Gasteiger partial charge is 0.456 e. The second-order valence-corrected chi connectivity index (χ2v) is 13.3. The van der Waals surface area contributed by atoms with Gasteiger partial charge in [0, 0.05) is 50.3 Å². The SMILES string of the molecule is c1ccc(-c2ccc(N(c3ccc4c(c3)oc3cc(-c5nc(-c6ccccc6)nc(-c6ccccc6)n5)ccc34)c3cccc4ccccc34)cc2)cc1. The summed E-state index contributed by atoms with van der Waals surface area (Å²) in [5, 5.41) is 4.43. The van der Waals surface area contributed by atoms with Gasteiger partial charge in [0.1, 0.15) is 11.2 Å². The molecule has 0 unspecified atom stereocenters. The van der Waals surface area contributed by atoms with Crippen molar-refractivity contribution in [1.82, 2.24) is 15.0 Å². The van der Waals surface area contributed by atoms with Gasteiger partial charge >= 0.3 is 0 Å². The van der Waals surface area contributed by atoms with E-state index in [9.17, 15) is 0 Å². The quantitative estimate of drug-likeness (QED) is 0.166. The van der Waals surface area contributed by atoms with Crippen LogP contribution in [0.3, 0.4) is 0 Å². The highest BCUT2D eigenvalue weighted by Gasteiger charge is 2.19. The highest BCUT2D eigenvalue weighted by atomic mass is 16.3. The predicted octanol–water partition coefficient (Wildman–Crippen LogP) is 13.1. The summed E-state index contributed by atoms with van der Waals surface area (Å²) < 4.78 is 6.67. The number of hydrogen-bond acceptors (Lipinski definition) is 5. The third-order valence-electron chi connectivity index (χ3n) is 9.91. The first-order valence-electron chi connectivity index (χ1n) is 18.0. The second kappa shape index (κ2) is 13.3. The maximum absolute atomic E-state index is 6.67. The summed E-state index contributed by atoms with van der Waals surface area (Å²) in [7, 11) is 0. The molecule has 5 heteroatoms. The van der Waals surface area contributed by atoms with Crippen LogP contribution in [0.1, 0.15) is 0 Å². The Morgan fingerprint density at radius 2 is 0.815 bits per heavy atom. The van der Waals surface area contributed by atoms with Gasteiger partial charge in [-0.1, -0.05) is 146 Å². The number of nitrogens with zero attached hydrogens (tertiary/aromatic N) is 4. The van der Waals surface area contributed by atoms with Crippen molar-refractivity contribution in [2.24, 2.45) is 0 Å². The van der Waals surface area contributed by atoms with E-state index in [1.165, 1.54) is 21.9 Å². The van der Waals surface area contributed by atoms with E-state index < -0.39 is 0 Å². The first-order chi connectivity index (χ1) is 26.7. The standard InChI is InChI=1S/C49H32N4O/c1-4-13-33(14-5-1)34-23-26-39(27-24-34)53(44-22-12-20-35-15-10-11-21-41(35)44)40-28-30-43-42-29-25-38(31-45(42)54-46(43)32-40)49-51-47(36-16-6-2-7-17-36)50-48(52-49)37-18-8-3-9-19-37/h1-32H. The molecule has 254 valence electrons. The summed E-state index contributed by atoms with van der Waals surface area (Å²) in [4.78, 5) is 17.1. The molecule has 54 heavy (non-hydrogen) atoms. The molecule has 0 aliphatic rings. The van der Waals surface area contributed by atoms with Crippen molar-refractivity contribution >= 4 is 49.8 Å². The zero-order chi connectivity index (χ0) is 35.8. The van der Waals surface area contributed by atoms with Crippen molar-refractivity contribution in [3.05, 3.63) is 194 Å². The zero-order valence-electron chi connectivity index (χ0n) is 29.2. The van der Waals surface area contributed by atoms with Gasteiger partial charge in [0.2, 0.25) is 0 Å². The third-order valence-corrected chi connectivity index (χ3v) is 9.91. The zero-order valence-corrected chi connectivity index (χ0v) is 29.2. The molecule has 0 atom stereocenters. The van der Waals surface area contributed by atoms with Crippen LogP contribution in [0.15, 0.2) is 199 Å². The number of aromatic nitrogens is 3. The lowest BCUT2D eigenvalue weighted by Gasteiger charge is -2.27. The van der Waals surface area contributed by atoms with Gasteiger partial charge in [-0.05, 0) is 59.0 Å². The topological polar surface area (TPSA) is 55.1 Å². The number of benzene rings is 8. The highest BCUT2D eigenvalue weighted by molar-refractivity contribution is 6.08. The Morgan fingerprint density at radius 3 is 1.48 bits per heavy atom. The van der Waals surface area contributed by atoms with Gasteiger partial charge in [0.05, 0.1) is 5.69 Å². The minimum absolute atomic E-state index is 0.590. The summed E-state index contributed by atoms with van der Waals surface area (Å²) in [6.45, 7) is 0. The molecule has 0 aliphatic carbocycles. The Hall–Kier alpha value is -7.37. The maximum atomic E-state index is 6.67. The normalized spacial score (nSPS) is 11.3. The summed E-state index contributed by atoms with van der Waals surface area (Å²) in [6.07, 6.45) is 0. The van der Waals surface area contributed by atoms with Gasteiger partial charge in [0.25, 0.3) is 0 Å². The van der Waals surface area contributed by atoms with E-state index >= 15 is 0 Å². The fourth-order valence-corrected chi connectivity index (χ4v) is 7.25. The predicted molar refractivity (Wildman–Crippen MR) is 221 cm³/mol. The third kappa shape index (κ3) is 5.74. The molecule has 0 amide bonds. The Kier molecular flexibility index (Phi) is 7.73. The van der Waals surface area contributed by atoms with Crippen LogP contribution >= 0.6 is 0 Å². The smallest absolute Gasteiger partial charge is 0.164 e. The van der Waals surface area contributed by atoms with Crippen molar-refractivity contribution in [1.29, 1.82) is 0 Å². The molecular weight excluding hydrogens is 661 g/mol. The average molecular weight is 693 g/mol. The van der Waals surface area contributed by atoms with Gasteiger partial charge in [-0.15, -0.1) is 0 Å². The number of furan rings is 1. The van der Waals surface area contributed by atoms with Gasteiger partial charge in [-0.3, -0.25) is 0 Å². The fourth-order valence-electron chi connectivity index (χ4n) is 7.25. The average Bonchev–Trinajstić information content (AvgIpc) is 3.62. The minimum atomic E-state index is 0.590. The van der Waals surface area contributed by atoms with Crippen molar-refractivity contribution in [3.63, 3.8) is 0 Å². The second-order valence-electron chi connectivity index (χ2n) is 13.3. The molecule has 0 spiro atoms. The molecule has 5 nitrogen and oxygen atoms in total. The van der Waals surface area contributed by atoms with E-state index in [-0.39, 0.29) is 0 Å². The maximum Gasteiger partial charge on any atom is 0.164 e. The molecule has 10 aromatic rings. The van der Waals surface area contributed by atoms with Gasteiger partial charge in [-0.2, -0.15) is 0 Å². The van der Waals surface area contributed by atoms with Crippen molar-refractivity contribution < 1.29 is 4.42 Å². The first kappa shape index (κ1) is 31.4. The van der Waals surface area contributed by atoms with Crippen LogP contribution in [-0.2, 0) is 0 Å². The van der Waals surface area contributed by atoms with Crippen LogP contribution in [0, 0.1) is 0 Å². The van der Waals surface area contributed by atoms with Crippen molar-refractivity contribution in [3.8, 4) is 45.3 Å². The summed E-state index contributed by atoms with van der Waals surface area (Å²) in [5.74, 6) is 1.84. The highest BCUT2D eigenvalue weighted by Crippen LogP contribution is 2.42. The van der Waals surface area contributed by atoms with E-state index in [4.69, 9.17) is 19.4 Å². The van der Waals surface area contributed by atoms with Crippen molar-refractivity contribution in [2.45, 2.75) is 0 Å². The Balaban J connectivity index is 1.09. The van der Waals surface area contributed by atoms with E-state index in [1.807, 2.05) is 72.8 Å². The summed E-state index contributed by atoms with van der Waals surface area (Å²) >= 11 is 0. The van der Waals surface area contributed by atoms with E-state index in [1.54, 1.807) is 0 Å². The Morgan fingerprint density at radius 1 is 0.333 bits per heavy atom. The minimum Gasteiger partial charge on any atom is -0.456 e. The molecule has 2 aromatic heterocycles. The lowest BCUT2D eigenvalue weighted by Crippen LogP contribution is -2.10. The molecule has 0 aliphatic heterocycles. The van der Waals surface area contributed by atoms with Crippen LogP contribution < -0.4 is 4.90 Å². The molecule has 0 saturated carbocycles. The van der Waals surface area contributed by atoms with Crippen molar-refractivity contribution in [2.75, 3.05) is 4.90 Å². The molecule has 0 saturated heterocycles. The van der Waals surface area contributed by atoms with Crippen LogP contribution in [0.25, 0.3) is 78.0 Å². The van der Waals surface area contributed by atoms with E-state index in [0.717, 1.165) is 55.7 Å². The lowest BCUT2D eigenvalue weighted by molar-refractivity contribution is 0.669. The van der Waals surface area contributed by atoms with Crippen LogP contribution in [-0.4, -0.2) is 15.0 Å². The first-order valence-corrected chi connectivity index (χ1v) is 18.0. The molecule has 0 bridgehead atoms. The van der Waals surface area contributed by atoms with E-state index in [2.05, 4.69) is 126 Å². The van der Waals surface area contributed by atoms with Crippen LogP contribution in [0.4, 0.5) is 17.1 Å². The summed E-state index contributed by atoms with van der Waals surface area (Å²) in [5.41, 5.74) is 9.81. The molecule has 0 fully saturated rings. The number of hydrogen-bond donors (Lipinski definition) is 0. The molecule has 0 radical (unpaired) electrons. The molecule has 0 N–H and O–H groups in total. The molecule has 10 rings (SSSR count). The number of fused-ring (bicyclic) bond motifs is 4. The fraction of sp³-hybridized carbons (Fsp3) is 0. The Labute approximate surface area is 312 Å². The lowest BCUT2D eigenvalue weighted by atomic mass is 10.0. The van der Waals surface area contributed by atoms with Gasteiger partial charge in [-0.25, -0.2) is 15.0 Å². The van der Waals surface area contributed by atoms with E-state index in [0.29, 0.717) is 17.5 Å². The van der Waals surface area contributed by atoms with Crippen LogP contribution in [0.2, 0.25) is 0 Å². The monoisotopic (exact) mass is 692 g/mol. The molecule has 8 aromatic carbocycles. The van der Waals surface area contributed by atoms with Gasteiger partial charge < -0.3 is 9.32 Å². The van der Waals surface area contributed by atoms with Gasteiger partial charge in [0.15, 0.2) is 17.5 Å². The number of rotatable bonds is 7.